The first-order valence-corrected chi connectivity index (χ1v) is 8.73. The van der Waals surface area contributed by atoms with Crippen LogP contribution in [0.1, 0.15) is 51.4 Å². The van der Waals surface area contributed by atoms with Crippen molar-refractivity contribution >= 4 is 19.9 Å². The molecule has 0 aromatic heterocycles. The maximum Gasteiger partial charge on any atom is 0.319 e. The van der Waals surface area contributed by atoms with E-state index < -0.39 is 9.15 Å². The summed E-state index contributed by atoms with van der Waals surface area (Å²) in [6.07, 6.45) is 11.1. The Morgan fingerprint density at radius 3 is 2.00 bits per heavy atom. The zero-order valence-corrected chi connectivity index (χ0v) is 11.4. The SMILES string of the molecule is C=CCCCCCCCCCSS(=O)(=O)O. The van der Waals surface area contributed by atoms with E-state index in [0.29, 0.717) is 16.5 Å². The van der Waals surface area contributed by atoms with Crippen LogP contribution in [0.3, 0.4) is 0 Å². The van der Waals surface area contributed by atoms with Gasteiger partial charge in [0.05, 0.1) is 0 Å². The minimum absolute atomic E-state index is 0.495. The first-order chi connectivity index (χ1) is 7.56. The lowest BCUT2D eigenvalue weighted by Crippen LogP contribution is -1.92. The van der Waals surface area contributed by atoms with Crippen molar-refractivity contribution in [3.63, 3.8) is 0 Å². The standard InChI is InChI=1S/C11H22O3S2/c1-2-3-4-5-6-7-8-9-10-11-15-16(12,13)14/h2H,1,3-11H2,(H,12,13,14). The summed E-state index contributed by atoms with van der Waals surface area (Å²) in [5.74, 6) is 0.495. The van der Waals surface area contributed by atoms with Gasteiger partial charge in [-0.1, -0.05) is 38.2 Å². The van der Waals surface area contributed by atoms with Gasteiger partial charge in [0.15, 0.2) is 0 Å². The lowest BCUT2D eigenvalue weighted by Gasteiger charge is -2.00. The van der Waals surface area contributed by atoms with Gasteiger partial charge in [0.2, 0.25) is 0 Å². The summed E-state index contributed by atoms with van der Waals surface area (Å²) in [5.41, 5.74) is 0. The van der Waals surface area contributed by atoms with Crippen LogP contribution in [-0.2, 0) is 9.15 Å². The molecule has 0 radical (unpaired) electrons. The first-order valence-electron chi connectivity index (χ1n) is 5.79. The van der Waals surface area contributed by atoms with Crippen LogP contribution in [0.2, 0.25) is 0 Å². The molecule has 0 saturated heterocycles. The van der Waals surface area contributed by atoms with Crippen LogP contribution >= 0.6 is 10.8 Å². The summed E-state index contributed by atoms with van der Waals surface area (Å²) in [5, 5.41) is 0. The summed E-state index contributed by atoms with van der Waals surface area (Å²) < 4.78 is 29.2. The van der Waals surface area contributed by atoms with E-state index >= 15 is 0 Å². The predicted molar refractivity (Wildman–Crippen MR) is 71.1 cm³/mol. The summed E-state index contributed by atoms with van der Waals surface area (Å²) >= 11 is 0. The maximum atomic E-state index is 10.4. The average Bonchev–Trinajstić information content (AvgIpc) is 2.19. The second-order valence-corrected chi connectivity index (χ2v) is 7.27. The molecule has 0 spiro atoms. The minimum atomic E-state index is -3.82. The Kier molecular flexibility index (Phi) is 10.2. The molecule has 0 bridgehead atoms. The molecule has 0 saturated carbocycles. The molecule has 5 heteroatoms. The third-order valence-corrected chi connectivity index (χ3v) is 4.43. The van der Waals surface area contributed by atoms with Crippen LogP contribution in [0.15, 0.2) is 12.7 Å². The molecular formula is C11H22O3S2. The quantitative estimate of drug-likeness (QED) is 0.267. The van der Waals surface area contributed by atoms with Crippen molar-refractivity contribution in [3.8, 4) is 0 Å². The molecule has 96 valence electrons. The molecule has 0 aliphatic heterocycles. The van der Waals surface area contributed by atoms with Gasteiger partial charge in [-0.05, 0) is 30.1 Å². The highest BCUT2D eigenvalue weighted by molar-refractivity contribution is 8.69. The predicted octanol–water partition coefficient (Wildman–Crippen LogP) is 3.83. The molecule has 0 rings (SSSR count). The fourth-order valence-corrected chi connectivity index (χ4v) is 2.96. The van der Waals surface area contributed by atoms with E-state index in [2.05, 4.69) is 6.58 Å². The van der Waals surface area contributed by atoms with E-state index in [-0.39, 0.29) is 0 Å². The molecule has 0 heterocycles. The van der Waals surface area contributed by atoms with Crippen molar-refractivity contribution in [1.82, 2.24) is 0 Å². The van der Waals surface area contributed by atoms with Gasteiger partial charge in [-0.2, -0.15) is 8.42 Å². The van der Waals surface area contributed by atoms with Gasteiger partial charge in [-0.3, -0.25) is 4.55 Å². The number of hydrogen-bond acceptors (Lipinski definition) is 3. The van der Waals surface area contributed by atoms with Gasteiger partial charge in [0.1, 0.15) is 0 Å². The van der Waals surface area contributed by atoms with Crippen LogP contribution in [0, 0.1) is 0 Å². The van der Waals surface area contributed by atoms with Gasteiger partial charge in [-0.15, -0.1) is 6.58 Å². The van der Waals surface area contributed by atoms with Crippen LogP contribution in [0.25, 0.3) is 0 Å². The van der Waals surface area contributed by atoms with E-state index in [0.717, 1.165) is 25.7 Å². The minimum Gasteiger partial charge on any atom is -0.277 e. The normalized spacial score (nSPS) is 11.6. The lowest BCUT2D eigenvalue weighted by molar-refractivity contribution is 0.503. The summed E-state index contributed by atoms with van der Waals surface area (Å²) in [6.45, 7) is 3.68. The Morgan fingerprint density at radius 1 is 1.00 bits per heavy atom. The highest BCUT2D eigenvalue weighted by Crippen LogP contribution is 2.14. The molecule has 16 heavy (non-hydrogen) atoms. The molecule has 1 N–H and O–H groups in total. The van der Waals surface area contributed by atoms with Gasteiger partial charge < -0.3 is 0 Å². The smallest absolute Gasteiger partial charge is 0.277 e. The Balaban J connectivity index is 3.07. The molecule has 0 atom stereocenters. The molecule has 0 amide bonds. The first kappa shape index (κ1) is 16.0. The number of unbranched alkanes of at least 4 members (excludes halogenated alkanes) is 7. The monoisotopic (exact) mass is 266 g/mol. The third-order valence-electron chi connectivity index (χ3n) is 2.28. The second-order valence-electron chi connectivity index (χ2n) is 3.80. The van der Waals surface area contributed by atoms with Crippen molar-refractivity contribution in [2.75, 3.05) is 5.75 Å². The third kappa shape index (κ3) is 14.0. The van der Waals surface area contributed by atoms with E-state index in [4.69, 9.17) is 4.55 Å². The maximum absolute atomic E-state index is 10.4. The molecule has 0 aliphatic carbocycles. The van der Waals surface area contributed by atoms with Crippen LogP contribution < -0.4 is 0 Å². The molecule has 0 fully saturated rings. The summed E-state index contributed by atoms with van der Waals surface area (Å²) in [7, 11) is -3.20. The fraction of sp³-hybridized carbons (Fsp3) is 0.818. The van der Waals surface area contributed by atoms with Crippen molar-refractivity contribution in [2.45, 2.75) is 51.4 Å². The van der Waals surface area contributed by atoms with Crippen molar-refractivity contribution in [3.05, 3.63) is 12.7 Å². The number of allylic oxidation sites excluding steroid dienone is 1. The van der Waals surface area contributed by atoms with E-state index in [1.54, 1.807) is 0 Å². The number of rotatable bonds is 11. The number of hydrogen-bond donors (Lipinski definition) is 1. The zero-order valence-electron chi connectivity index (χ0n) is 9.73. The Morgan fingerprint density at radius 2 is 1.50 bits per heavy atom. The van der Waals surface area contributed by atoms with E-state index in [1.807, 2.05) is 6.08 Å². The van der Waals surface area contributed by atoms with E-state index in [9.17, 15) is 8.42 Å². The molecule has 0 aromatic rings. The van der Waals surface area contributed by atoms with Gasteiger partial charge >= 0.3 is 9.15 Å². The van der Waals surface area contributed by atoms with Crippen molar-refractivity contribution < 1.29 is 13.0 Å². The van der Waals surface area contributed by atoms with Gasteiger partial charge in [0.25, 0.3) is 0 Å². The Hall–Kier alpha value is -0.0000000000000000763. The van der Waals surface area contributed by atoms with Crippen LogP contribution in [-0.4, -0.2) is 18.7 Å². The highest BCUT2D eigenvalue weighted by atomic mass is 33.1. The zero-order chi connectivity index (χ0) is 12.3. The largest absolute Gasteiger partial charge is 0.319 e. The van der Waals surface area contributed by atoms with Crippen molar-refractivity contribution in [1.29, 1.82) is 0 Å². The second kappa shape index (κ2) is 10.2. The summed E-state index contributed by atoms with van der Waals surface area (Å²) in [4.78, 5) is 0. The molecule has 0 aromatic carbocycles. The average molecular weight is 266 g/mol. The van der Waals surface area contributed by atoms with Gasteiger partial charge in [0, 0.05) is 5.75 Å². The molecule has 0 aliphatic rings. The lowest BCUT2D eigenvalue weighted by atomic mass is 10.1. The topological polar surface area (TPSA) is 54.4 Å². The summed E-state index contributed by atoms with van der Waals surface area (Å²) in [6, 6.07) is 0. The van der Waals surface area contributed by atoms with Gasteiger partial charge in [-0.25, -0.2) is 0 Å². The van der Waals surface area contributed by atoms with Crippen LogP contribution in [0.5, 0.6) is 0 Å². The fourth-order valence-electron chi connectivity index (χ4n) is 1.44. The van der Waals surface area contributed by atoms with Crippen LogP contribution in [0.4, 0.5) is 0 Å². The molecular weight excluding hydrogens is 244 g/mol. The Labute approximate surface area is 103 Å². The van der Waals surface area contributed by atoms with Crippen molar-refractivity contribution in [2.24, 2.45) is 0 Å². The molecule has 0 unspecified atom stereocenters. The highest BCUT2D eigenvalue weighted by Gasteiger charge is 2.03. The molecule has 3 nitrogen and oxygen atoms in total. The van der Waals surface area contributed by atoms with E-state index in [1.165, 1.54) is 25.7 Å². The Bertz CT molecular complexity index is 260.